The predicted octanol–water partition coefficient (Wildman–Crippen LogP) is 1.28. The summed E-state index contributed by atoms with van der Waals surface area (Å²) in [7, 11) is 0. The van der Waals surface area contributed by atoms with E-state index in [2.05, 4.69) is 0 Å². The highest BCUT2D eigenvalue weighted by Gasteiger charge is 2.37. The molecule has 2 heterocycles. The van der Waals surface area contributed by atoms with Crippen LogP contribution in [0.3, 0.4) is 0 Å². The predicted molar refractivity (Wildman–Crippen MR) is 53.9 cm³/mol. The van der Waals surface area contributed by atoms with Crippen LogP contribution in [0.1, 0.15) is 26.7 Å². The lowest BCUT2D eigenvalue weighted by Gasteiger charge is -2.27. The van der Waals surface area contributed by atoms with Crippen molar-refractivity contribution in [3.05, 3.63) is 0 Å². The Bertz CT molecular complexity index is 227. The Hall–Kier alpha value is -0.570. The van der Waals surface area contributed by atoms with E-state index >= 15 is 0 Å². The molecule has 0 aliphatic carbocycles. The van der Waals surface area contributed by atoms with Crippen molar-refractivity contribution in [2.45, 2.75) is 32.7 Å². The zero-order valence-electron chi connectivity index (χ0n) is 9.03. The molecule has 2 saturated heterocycles. The molecular formula is C11H19NO2. The second kappa shape index (κ2) is 3.89. The lowest BCUT2D eigenvalue weighted by atomic mass is 10.0. The number of ether oxygens (including phenoxy) is 1. The third-order valence-electron chi connectivity index (χ3n) is 3.26. The molecule has 80 valence electrons. The van der Waals surface area contributed by atoms with Gasteiger partial charge in [-0.05, 0) is 18.8 Å². The molecule has 2 bridgehead atoms. The fourth-order valence-electron chi connectivity index (χ4n) is 2.45. The van der Waals surface area contributed by atoms with Crippen molar-refractivity contribution in [3.63, 3.8) is 0 Å². The summed E-state index contributed by atoms with van der Waals surface area (Å²) in [6.07, 6.45) is 2.27. The number of likely N-dealkylation sites (tertiary alicyclic amines) is 1. The Morgan fingerprint density at radius 2 is 2.29 bits per heavy atom. The minimum absolute atomic E-state index is 0.121. The quantitative estimate of drug-likeness (QED) is 0.633. The van der Waals surface area contributed by atoms with E-state index < -0.39 is 0 Å². The summed E-state index contributed by atoms with van der Waals surface area (Å²) >= 11 is 0. The highest BCUT2D eigenvalue weighted by atomic mass is 16.5. The molecule has 0 radical (unpaired) electrons. The molecule has 1 amide bonds. The topological polar surface area (TPSA) is 29.5 Å². The van der Waals surface area contributed by atoms with Gasteiger partial charge in [-0.2, -0.15) is 0 Å². The molecule has 2 aliphatic rings. The molecule has 3 heteroatoms. The molecule has 3 nitrogen and oxygen atoms in total. The highest BCUT2D eigenvalue weighted by molar-refractivity contribution is 5.78. The number of hydrogen-bond acceptors (Lipinski definition) is 2. The Balaban J connectivity index is 2.04. The number of nitrogens with zero attached hydrogens (tertiary/aromatic N) is 1. The van der Waals surface area contributed by atoms with E-state index in [-0.39, 0.29) is 5.92 Å². The van der Waals surface area contributed by atoms with Crippen LogP contribution in [0.15, 0.2) is 0 Å². The molecule has 0 aromatic carbocycles. The molecule has 0 N–H and O–H groups in total. The van der Waals surface area contributed by atoms with Gasteiger partial charge in [-0.3, -0.25) is 4.79 Å². The molecule has 14 heavy (non-hydrogen) atoms. The molecule has 2 atom stereocenters. The van der Waals surface area contributed by atoms with Crippen LogP contribution < -0.4 is 0 Å². The Kier molecular flexibility index (Phi) is 2.77. The van der Waals surface area contributed by atoms with Gasteiger partial charge in [0.2, 0.25) is 5.91 Å². The van der Waals surface area contributed by atoms with Crippen molar-refractivity contribution in [1.29, 1.82) is 0 Å². The second-order valence-electron chi connectivity index (χ2n) is 4.76. The number of fused-ring (bicyclic) bond motifs is 2. The minimum atomic E-state index is 0.121. The smallest absolute Gasteiger partial charge is 0.225 e. The van der Waals surface area contributed by atoms with E-state index in [1.165, 1.54) is 0 Å². The van der Waals surface area contributed by atoms with E-state index in [1.807, 2.05) is 18.7 Å². The van der Waals surface area contributed by atoms with Crippen molar-refractivity contribution in [1.82, 2.24) is 4.90 Å². The zero-order chi connectivity index (χ0) is 10.1. The first kappa shape index (κ1) is 9.97. The van der Waals surface area contributed by atoms with E-state index in [0.717, 1.165) is 32.6 Å². The van der Waals surface area contributed by atoms with E-state index in [4.69, 9.17) is 4.74 Å². The Morgan fingerprint density at radius 1 is 1.50 bits per heavy atom. The summed E-state index contributed by atoms with van der Waals surface area (Å²) in [4.78, 5) is 13.9. The monoisotopic (exact) mass is 197 g/mol. The molecule has 0 aromatic rings. The van der Waals surface area contributed by atoms with E-state index in [1.54, 1.807) is 0 Å². The fraction of sp³-hybridized carbons (Fsp3) is 0.909. The first-order valence-corrected chi connectivity index (χ1v) is 5.56. The number of amides is 1. The number of hydrogen-bond donors (Lipinski definition) is 0. The summed E-state index contributed by atoms with van der Waals surface area (Å²) in [6, 6.07) is 0.359. The summed E-state index contributed by atoms with van der Waals surface area (Å²) < 4.78 is 5.49. The molecule has 2 aliphatic heterocycles. The second-order valence-corrected chi connectivity index (χ2v) is 4.76. The molecule has 0 spiro atoms. The highest BCUT2D eigenvalue weighted by Crippen LogP contribution is 2.29. The summed E-state index contributed by atoms with van der Waals surface area (Å²) in [5.74, 6) is 1.10. The average molecular weight is 197 g/mol. The molecule has 2 rings (SSSR count). The average Bonchev–Trinajstić information content (AvgIpc) is 2.36. The maximum Gasteiger partial charge on any atom is 0.225 e. The van der Waals surface area contributed by atoms with Crippen LogP contribution >= 0.6 is 0 Å². The van der Waals surface area contributed by atoms with Gasteiger partial charge in [-0.25, -0.2) is 0 Å². The van der Waals surface area contributed by atoms with Gasteiger partial charge in [0.15, 0.2) is 0 Å². The van der Waals surface area contributed by atoms with Crippen LogP contribution in [-0.2, 0) is 9.53 Å². The van der Waals surface area contributed by atoms with Crippen molar-refractivity contribution in [2.24, 2.45) is 11.8 Å². The van der Waals surface area contributed by atoms with Crippen LogP contribution in [0.25, 0.3) is 0 Å². The Labute approximate surface area is 85.4 Å². The van der Waals surface area contributed by atoms with Crippen molar-refractivity contribution in [3.8, 4) is 0 Å². The van der Waals surface area contributed by atoms with Gasteiger partial charge in [0.05, 0.1) is 12.6 Å². The lowest BCUT2D eigenvalue weighted by Crippen LogP contribution is -2.41. The molecular weight excluding hydrogens is 178 g/mol. The van der Waals surface area contributed by atoms with E-state index in [0.29, 0.717) is 17.9 Å². The van der Waals surface area contributed by atoms with Gasteiger partial charge in [0.1, 0.15) is 0 Å². The van der Waals surface area contributed by atoms with Crippen molar-refractivity contribution in [2.75, 3.05) is 19.8 Å². The maximum absolute atomic E-state index is 11.9. The molecule has 2 unspecified atom stereocenters. The minimum Gasteiger partial charge on any atom is -0.379 e. The first-order valence-electron chi connectivity index (χ1n) is 5.56. The van der Waals surface area contributed by atoms with Crippen molar-refractivity contribution < 1.29 is 9.53 Å². The zero-order valence-corrected chi connectivity index (χ0v) is 9.03. The third-order valence-corrected chi connectivity index (χ3v) is 3.26. The first-order chi connectivity index (χ1) is 6.68. The van der Waals surface area contributed by atoms with Gasteiger partial charge in [0.25, 0.3) is 0 Å². The number of carbonyl (C=O) groups is 1. The molecule has 0 aromatic heterocycles. The van der Waals surface area contributed by atoms with Crippen LogP contribution in [0.2, 0.25) is 0 Å². The SMILES string of the molecule is CC(C)C(=O)N1CC2CCOCC1C2. The summed E-state index contributed by atoms with van der Waals surface area (Å²) in [5, 5.41) is 0. The van der Waals surface area contributed by atoms with Gasteiger partial charge in [0, 0.05) is 19.1 Å². The number of carbonyl (C=O) groups excluding carboxylic acids is 1. The summed E-state index contributed by atoms with van der Waals surface area (Å²) in [5.41, 5.74) is 0. The van der Waals surface area contributed by atoms with Crippen LogP contribution in [0.4, 0.5) is 0 Å². The normalized spacial score (nSPS) is 32.1. The van der Waals surface area contributed by atoms with Gasteiger partial charge < -0.3 is 9.64 Å². The maximum atomic E-state index is 11.9. The van der Waals surface area contributed by atoms with Gasteiger partial charge >= 0.3 is 0 Å². The lowest BCUT2D eigenvalue weighted by molar-refractivity contribution is -0.136. The van der Waals surface area contributed by atoms with Crippen LogP contribution in [0.5, 0.6) is 0 Å². The molecule has 2 fully saturated rings. The fourth-order valence-corrected chi connectivity index (χ4v) is 2.45. The third kappa shape index (κ3) is 1.78. The van der Waals surface area contributed by atoms with E-state index in [9.17, 15) is 4.79 Å². The van der Waals surface area contributed by atoms with Crippen molar-refractivity contribution >= 4 is 5.91 Å². The number of rotatable bonds is 1. The van der Waals surface area contributed by atoms with Gasteiger partial charge in [-0.1, -0.05) is 13.8 Å². The van der Waals surface area contributed by atoms with Gasteiger partial charge in [-0.15, -0.1) is 0 Å². The van der Waals surface area contributed by atoms with Crippen LogP contribution in [0, 0.1) is 11.8 Å². The Morgan fingerprint density at radius 3 is 3.00 bits per heavy atom. The van der Waals surface area contributed by atoms with Crippen LogP contribution in [-0.4, -0.2) is 36.6 Å². The molecule has 0 saturated carbocycles. The summed E-state index contributed by atoms with van der Waals surface area (Å²) in [6.45, 7) is 6.53. The largest absolute Gasteiger partial charge is 0.379 e. The standard InChI is InChI=1S/C11H19NO2/c1-8(2)11(13)12-6-9-3-4-14-7-10(12)5-9/h8-10H,3-7H2,1-2H3.